The molecule has 3 heterocycles. The average molecular weight is 312 g/mol. The Morgan fingerprint density at radius 3 is 3.05 bits per heavy atom. The van der Waals surface area contributed by atoms with Crippen LogP contribution in [0.3, 0.4) is 0 Å². The fraction of sp³-hybridized carbons (Fsp3) is 0.250. The summed E-state index contributed by atoms with van der Waals surface area (Å²) >= 11 is 1.65. The van der Waals surface area contributed by atoms with E-state index in [1.165, 1.54) is 4.70 Å². The number of nitrogens with one attached hydrogen (secondary N) is 2. The third-order valence-corrected chi connectivity index (χ3v) is 4.55. The summed E-state index contributed by atoms with van der Waals surface area (Å²) in [7, 11) is 0. The highest BCUT2D eigenvalue weighted by Gasteiger charge is 2.13. The van der Waals surface area contributed by atoms with Crippen LogP contribution < -0.4 is 10.6 Å². The Labute approximate surface area is 132 Å². The number of furan rings is 1. The molecule has 112 valence electrons. The number of nitrogens with zero attached hydrogens (tertiary/aromatic N) is 2. The number of hydrogen-bond acceptors (Lipinski definition) is 6. The first-order valence-electron chi connectivity index (χ1n) is 7.27. The molecule has 0 saturated heterocycles. The Balaban J connectivity index is 1.49. The maximum atomic E-state index is 5.89. The number of para-hydroxylation sites is 1. The number of aliphatic imine (C=N–C) groups is 1. The molecule has 2 aromatic heterocycles. The minimum absolute atomic E-state index is 0.400. The highest BCUT2D eigenvalue weighted by molar-refractivity contribution is 7.21. The Kier molecular flexibility index (Phi) is 3.31. The van der Waals surface area contributed by atoms with E-state index in [0.29, 0.717) is 12.6 Å². The Hall–Kier alpha value is -2.34. The fourth-order valence-electron chi connectivity index (χ4n) is 2.40. The first-order valence-corrected chi connectivity index (χ1v) is 8.09. The van der Waals surface area contributed by atoms with E-state index in [-0.39, 0.29) is 0 Å². The Morgan fingerprint density at radius 1 is 1.32 bits per heavy atom. The summed E-state index contributed by atoms with van der Waals surface area (Å²) in [5, 5.41) is 7.43. The molecule has 0 spiro atoms. The number of guanidine groups is 1. The molecule has 0 saturated carbocycles. The van der Waals surface area contributed by atoms with Gasteiger partial charge in [0, 0.05) is 6.04 Å². The van der Waals surface area contributed by atoms with Crippen molar-refractivity contribution in [2.24, 2.45) is 4.99 Å². The van der Waals surface area contributed by atoms with Gasteiger partial charge in [-0.05, 0) is 31.2 Å². The molecule has 1 aliphatic heterocycles. The van der Waals surface area contributed by atoms with Crippen LogP contribution in [-0.2, 0) is 6.54 Å². The van der Waals surface area contributed by atoms with Crippen LogP contribution in [-0.4, -0.2) is 23.5 Å². The molecule has 1 aliphatic rings. The van der Waals surface area contributed by atoms with Gasteiger partial charge in [0.1, 0.15) is 5.76 Å². The highest BCUT2D eigenvalue weighted by Crippen LogP contribution is 2.31. The van der Waals surface area contributed by atoms with Gasteiger partial charge < -0.3 is 15.1 Å². The molecule has 2 N–H and O–H groups in total. The second-order valence-corrected chi connectivity index (χ2v) is 6.37. The van der Waals surface area contributed by atoms with Gasteiger partial charge in [-0.2, -0.15) is 0 Å². The number of benzene rings is 1. The van der Waals surface area contributed by atoms with Crippen LogP contribution in [0.25, 0.3) is 21.0 Å². The quantitative estimate of drug-likeness (QED) is 0.780. The molecule has 6 heteroatoms. The molecule has 4 rings (SSSR count). The molecular weight excluding hydrogens is 296 g/mol. The van der Waals surface area contributed by atoms with Crippen molar-refractivity contribution < 1.29 is 4.42 Å². The lowest BCUT2D eigenvalue weighted by Crippen LogP contribution is -2.37. The second-order valence-electron chi connectivity index (χ2n) is 5.34. The van der Waals surface area contributed by atoms with Crippen LogP contribution in [0.4, 0.5) is 0 Å². The molecule has 0 aliphatic carbocycles. The Morgan fingerprint density at radius 2 is 2.23 bits per heavy atom. The molecule has 5 nitrogen and oxygen atoms in total. The SMILES string of the molecule is CC1CN=C(NCc2ccc(-c3nc4ccccc4s3)o2)N1. The van der Waals surface area contributed by atoms with Gasteiger partial charge in [0.15, 0.2) is 16.7 Å². The maximum absolute atomic E-state index is 5.89. The van der Waals surface area contributed by atoms with Gasteiger partial charge >= 0.3 is 0 Å². The van der Waals surface area contributed by atoms with Crippen LogP contribution in [0.15, 0.2) is 45.8 Å². The summed E-state index contributed by atoms with van der Waals surface area (Å²) in [5.41, 5.74) is 1.01. The normalized spacial score (nSPS) is 17.5. The van der Waals surface area contributed by atoms with Gasteiger partial charge in [0.25, 0.3) is 0 Å². The van der Waals surface area contributed by atoms with Crippen molar-refractivity contribution in [3.63, 3.8) is 0 Å². The zero-order valence-corrected chi connectivity index (χ0v) is 13.0. The third-order valence-electron chi connectivity index (χ3n) is 3.50. The summed E-state index contributed by atoms with van der Waals surface area (Å²) in [6, 6.07) is 12.5. The number of hydrogen-bond donors (Lipinski definition) is 2. The van der Waals surface area contributed by atoms with E-state index in [4.69, 9.17) is 4.42 Å². The van der Waals surface area contributed by atoms with Crippen LogP contribution in [0.5, 0.6) is 0 Å². The van der Waals surface area contributed by atoms with E-state index in [1.54, 1.807) is 11.3 Å². The largest absolute Gasteiger partial charge is 0.457 e. The predicted molar refractivity (Wildman–Crippen MR) is 89.1 cm³/mol. The highest BCUT2D eigenvalue weighted by atomic mass is 32.1. The topological polar surface area (TPSA) is 62.5 Å². The number of aromatic nitrogens is 1. The maximum Gasteiger partial charge on any atom is 0.191 e. The van der Waals surface area contributed by atoms with Gasteiger partial charge in [-0.25, -0.2) is 4.98 Å². The lowest BCUT2D eigenvalue weighted by molar-refractivity contribution is 0.514. The van der Waals surface area contributed by atoms with Gasteiger partial charge in [0.05, 0.1) is 23.3 Å². The molecular formula is C16H16N4OS. The molecule has 0 fully saturated rings. The molecule has 22 heavy (non-hydrogen) atoms. The van der Waals surface area contributed by atoms with Crippen LogP contribution in [0.1, 0.15) is 12.7 Å². The number of thiazole rings is 1. The predicted octanol–water partition coefficient (Wildman–Crippen LogP) is 2.99. The van der Waals surface area contributed by atoms with Crippen molar-refractivity contribution in [2.75, 3.05) is 6.54 Å². The number of rotatable bonds is 3. The molecule has 0 amide bonds. The molecule has 1 atom stereocenters. The van der Waals surface area contributed by atoms with Crippen molar-refractivity contribution >= 4 is 27.5 Å². The van der Waals surface area contributed by atoms with Gasteiger partial charge in [-0.15, -0.1) is 11.3 Å². The molecule has 1 unspecified atom stereocenters. The van der Waals surface area contributed by atoms with Crippen LogP contribution >= 0.6 is 11.3 Å². The zero-order chi connectivity index (χ0) is 14.9. The van der Waals surface area contributed by atoms with Crippen LogP contribution in [0.2, 0.25) is 0 Å². The minimum atomic E-state index is 0.400. The van der Waals surface area contributed by atoms with E-state index in [1.807, 2.05) is 30.3 Å². The van der Waals surface area contributed by atoms with Crippen molar-refractivity contribution in [1.29, 1.82) is 0 Å². The molecule has 0 bridgehead atoms. The van der Waals surface area contributed by atoms with Gasteiger partial charge in [-0.1, -0.05) is 12.1 Å². The Bertz CT molecular complexity index is 802. The smallest absolute Gasteiger partial charge is 0.191 e. The van der Waals surface area contributed by atoms with Crippen LogP contribution in [0, 0.1) is 0 Å². The lowest BCUT2D eigenvalue weighted by Gasteiger charge is -2.06. The monoisotopic (exact) mass is 312 g/mol. The molecule has 1 aromatic carbocycles. The van der Waals surface area contributed by atoms with E-state index in [2.05, 4.69) is 33.6 Å². The lowest BCUT2D eigenvalue weighted by atomic mass is 10.3. The van der Waals surface area contributed by atoms with E-state index >= 15 is 0 Å². The summed E-state index contributed by atoms with van der Waals surface area (Å²) in [4.78, 5) is 8.98. The first kappa shape index (κ1) is 13.3. The zero-order valence-electron chi connectivity index (χ0n) is 12.2. The van der Waals surface area contributed by atoms with Crippen molar-refractivity contribution in [2.45, 2.75) is 19.5 Å². The summed E-state index contributed by atoms with van der Waals surface area (Å²) in [6.45, 7) is 3.54. The summed E-state index contributed by atoms with van der Waals surface area (Å²) in [5.74, 6) is 2.52. The van der Waals surface area contributed by atoms with Gasteiger partial charge in [0.2, 0.25) is 0 Å². The first-order chi connectivity index (χ1) is 10.8. The standard InChI is InChI=1S/C16H16N4OS/c1-10-8-17-16(19-10)18-9-11-6-7-13(21-11)15-20-12-4-2-3-5-14(12)22-15/h2-7,10H,8-9H2,1H3,(H2,17,18,19). The van der Waals surface area contributed by atoms with Crippen molar-refractivity contribution in [1.82, 2.24) is 15.6 Å². The van der Waals surface area contributed by atoms with Gasteiger partial charge in [-0.3, -0.25) is 4.99 Å². The summed E-state index contributed by atoms with van der Waals surface area (Å²) in [6.07, 6.45) is 0. The van der Waals surface area contributed by atoms with E-state index in [9.17, 15) is 0 Å². The average Bonchev–Trinajstić information content (AvgIpc) is 3.23. The van der Waals surface area contributed by atoms with Crippen molar-refractivity contribution in [3.8, 4) is 10.8 Å². The van der Waals surface area contributed by atoms with Crippen molar-refractivity contribution in [3.05, 3.63) is 42.2 Å². The molecule has 0 radical (unpaired) electrons. The number of fused-ring (bicyclic) bond motifs is 1. The summed E-state index contributed by atoms with van der Waals surface area (Å²) < 4.78 is 7.06. The third kappa shape index (κ3) is 2.57. The van der Waals surface area contributed by atoms with E-state index < -0.39 is 0 Å². The second kappa shape index (κ2) is 5.46. The molecule has 3 aromatic rings. The van der Waals surface area contributed by atoms with E-state index in [0.717, 1.165) is 34.5 Å². The fourth-order valence-corrected chi connectivity index (χ4v) is 3.32. The minimum Gasteiger partial charge on any atom is -0.457 e.